The van der Waals surface area contributed by atoms with E-state index < -0.39 is 11.6 Å². The van der Waals surface area contributed by atoms with Crippen molar-refractivity contribution in [3.63, 3.8) is 0 Å². The summed E-state index contributed by atoms with van der Waals surface area (Å²) in [6, 6.07) is 12.8. The minimum absolute atomic E-state index is 0.142. The molecule has 26 heavy (non-hydrogen) atoms. The van der Waals surface area contributed by atoms with E-state index in [1.807, 2.05) is 6.26 Å². The van der Waals surface area contributed by atoms with Gasteiger partial charge in [-0.05, 0) is 53.8 Å². The van der Waals surface area contributed by atoms with Crippen LogP contribution in [0.2, 0.25) is 0 Å². The Balaban J connectivity index is 1.74. The van der Waals surface area contributed by atoms with Gasteiger partial charge in [0.2, 0.25) is 0 Å². The minimum atomic E-state index is -0.878. The van der Waals surface area contributed by atoms with Gasteiger partial charge in [-0.25, -0.2) is 8.78 Å². The van der Waals surface area contributed by atoms with Crippen LogP contribution in [0.4, 0.5) is 8.78 Å². The molecule has 0 aliphatic rings. The van der Waals surface area contributed by atoms with Crippen LogP contribution >= 0.6 is 11.8 Å². The summed E-state index contributed by atoms with van der Waals surface area (Å²) in [6.07, 6.45) is 1.81. The van der Waals surface area contributed by atoms with Crippen LogP contribution in [0.1, 0.15) is 23.2 Å². The SMILES string of the molecule is CSc1cc(F)c(F)cc1-c1ccc(OCc2ccc(C(C)=O)o2)cc1. The molecule has 0 atom stereocenters. The van der Waals surface area contributed by atoms with Gasteiger partial charge in [0.05, 0.1) is 0 Å². The Morgan fingerprint density at radius 1 is 1.08 bits per heavy atom. The number of hydrogen-bond donors (Lipinski definition) is 0. The largest absolute Gasteiger partial charge is 0.486 e. The highest BCUT2D eigenvalue weighted by Crippen LogP contribution is 2.33. The number of hydrogen-bond acceptors (Lipinski definition) is 4. The van der Waals surface area contributed by atoms with E-state index in [4.69, 9.17) is 9.15 Å². The van der Waals surface area contributed by atoms with Crippen molar-refractivity contribution in [2.45, 2.75) is 18.4 Å². The molecule has 3 aromatic rings. The first-order valence-corrected chi connectivity index (χ1v) is 9.06. The average molecular weight is 374 g/mol. The molecule has 0 aliphatic heterocycles. The first-order valence-electron chi connectivity index (χ1n) is 7.84. The highest BCUT2D eigenvalue weighted by molar-refractivity contribution is 7.98. The third kappa shape index (κ3) is 3.96. The van der Waals surface area contributed by atoms with Crippen LogP contribution in [-0.2, 0) is 6.61 Å². The monoisotopic (exact) mass is 374 g/mol. The van der Waals surface area contributed by atoms with Gasteiger partial charge in [0.1, 0.15) is 18.1 Å². The topological polar surface area (TPSA) is 39.4 Å². The number of rotatable bonds is 6. The first kappa shape index (κ1) is 18.2. The standard InChI is InChI=1S/C20H16F2O3S/c1-12(23)19-8-7-15(25-19)11-24-14-5-3-13(4-6-14)16-9-17(21)18(22)10-20(16)26-2/h3-10H,11H2,1-2H3. The quantitative estimate of drug-likeness (QED) is 0.408. The van der Waals surface area contributed by atoms with Gasteiger partial charge in [0.25, 0.3) is 0 Å². The van der Waals surface area contributed by atoms with Gasteiger partial charge in [-0.3, -0.25) is 4.79 Å². The zero-order valence-electron chi connectivity index (χ0n) is 14.2. The van der Waals surface area contributed by atoms with Gasteiger partial charge in [0.15, 0.2) is 23.2 Å². The lowest BCUT2D eigenvalue weighted by Gasteiger charge is -2.10. The van der Waals surface area contributed by atoms with Gasteiger partial charge in [-0.1, -0.05) is 12.1 Å². The number of carbonyl (C=O) groups excluding carboxylic acids is 1. The second-order valence-corrected chi connectivity index (χ2v) is 6.45. The third-order valence-electron chi connectivity index (χ3n) is 3.80. The summed E-state index contributed by atoms with van der Waals surface area (Å²) in [5.41, 5.74) is 1.39. The maximum Gasteiger partial charge on any atom is 0.194 e. The molecule has 3 nitrogen and oxygen atoms in total. The molecule has 2 aromatic carbocycles. The molecule has 0 radical (unpaired) electrons. The summed E-state index contributed by atoms with van der Waals surface area (Å²) < 4.78 is 38.0. The fourth-order valence-corrected chi connectivity index (χ4v) is 3.07. The Hall–Kier alpha value is -2.60. The van der Waals surface area contributed by atoms with Crippen molar-refractivity contribution >= 4 is 17.5 Å². The summed E-state index contributed by atoms with van der Waals surface area (Å²) in [4.78, 5) is 11.9. The molecular formula is C20H16F2O3S. The van der Waals surface area contributed by atoms with Gasteiger partial charge in [-0.15, -0.1) is 11.8 Å². The summed E-state index contributed by atoms with van der Waals surface area (Å²) in [7, 11) is 0. The molecule has 0 fully saturated rings. The van der Waals surface area contributed by atoms with E-state index in [1.165, 1.54) is 30.8 Å². The molecule has 0 N–H and O–H groups in total. The molecule has 6 heteroatoms. The molecule has 0 unspecified atom stereocenters. The molecular weight excluding hydrogens is 358 g/mol. The molecule has 0 spiro atoms. The van der Waals surface area contributed by atoms with Gasteiger partial charge < -0.3 is 9.15 Å². The molecule has 0 saturated heterocycles. The number of Topliss-reactive ketones (excluding diaryl/α,β-unsaturated/α-hetero) is 1. The van der Waals surface area contributed by atoms with Crippen molar-refractivity contribution in [1.29, 1.82) is 0 Å². The fourth-order valence-electron chi connectivity index (χ4n) is 2.45. The highest BCUT2D eigenvalue weighted by atomic mass is 32.2. The number of ether oxygens (including phenoxy) is 1. The number of carbonyl (C=O) groups is 1. The lowest BCUT2D eigenvalue weighted by molar-refractivity contribution is 0.0983. The van der Waals surface area contributed by atoms with Crippen LogP contribution in [0.5, 0.6) is 5.75 Å². The first-order chi connectivity index (χ1) is 12.5. The number of benzene rings is 2. The zero-order valence-corrected chi connectivity index (χ0v) is 15.0. The van der Waals surface area contributed by atoms with Crippen LogP contribution in [-0.4, -0.2) is 12.0 Å². The van der Waals surface area contributed by atoms with E-state index in [9.17, 15) is 13.6 Å². The molecule has 134 valence electrons. The molecule has 0 saturated carbocycles. The molecule has 0 bridgehead atoms. The van der Waals surface area contributed by atoms with E-state index in [0.29, 0.717) is 27.7 Å². The smallest absolute Gasteiger partial charge is 0.194 e. The molecule has 1 aromatic heterocycles. The summed E-state index contributed by atoms with van der Waals surface area (Å²) in [5.74, 6) is -0.440. The predicted molar refractivity (Wildman–Crippen MR) is 96.6 cm³/mol. The van der Waals surface area contributed by atoms with E-state index in [2.05, 4.69) is 0 Å². The van der Waals surface area contributed by atoms with Crippen molar-refractivity contribution < 1.29 is 22.7 Å². The Bertz CT molecular complexity index is 933. The third-order valence-corrected chi connectivity index (χ3v) is 4.58. The molecule has 3 rings (SSSR count). The Morgan fingerprint density at radius 3 is 2.38 bits per heavy atom. The van der Waals surface area contributed by atoms with Crippen LogP contribution in [0.3, 0.4) is 0 Å². The highest BCUT2D eigenvalue weighted by Gasteiger charge is 2.11. The number of thioether (sulfide) groups is 1. The van der Waals surface area contributed by atoms with E-state index in [-0.39, 0.29) is 12.4 Å². The molecule has 0 aliphatic carbocycles. The fraction of sp³-hybridized carbons (Fsp3) is 0.150. The normalized spacial score (nSPS) is 10.8. The van der Waals surface area contributed by atoms with Crippen molar-refractivity contribution in [3.05, 3.63) is 71.7 Å². The van der Waals surface area contributed by atoms with E-state index in [0.717, 1.165) is 5.56 Å². The van der Waals surface area contributed by atoms with Gasteiger partial charge in [-0.2, -0.15) is 0 Å². The lowest BCUT2D eigenvalue weighted by atomic mass is 10.1. The van der Waals surface area contributed by atoms with E-state index >= 15 is 0 Å². The summed E-state index contributed by atoms with van der Waals surface area (Å²) in [5, 5.41) is 0. The molecule has 0 amide bonds. The van der Waals surface area contributed by atoms with Crippen LogP contribution in [0.15, 0.2) is 57.8 Å². The summed E-state index contributed by atoms with van der Waals surface area (Å²) in [6.45, 7) is 1.62. The Kier molecular flexibility index (Phi) is 5.42. The Labute approximate surface area is 154 Å². The minimum Gasteiger partial charge on any atom is -0.486 e. The second-order valence-electron chi connectivity index (χ2n) is 5.60. The molecule has 1 heterocycles. The number of ketones is 1. The van der Waals surface area contributed by atoms with Gasteiger partial charge in [0, 0.05) is 11.8 Å². The van der Waals surface area contributed by atoms with Crippen molar-refractivity contribution in [2.24, 2.45) is 0 Å². The Morgan fingerprint density at radius 2 is 1.77 bits per heavy atom. The van der Waals surface area contributed by atoms with Crippen LogP contribution in [0.25, 0.3) is 11.1 Å². The average Bonchev–Trinajstić information content (AvgIpc) is 3.12. The summed E-state index contributed by atoms with van der Waals surface area (Å²) >= 11 is 1.35. The maximum absolute atomic E-state index is 13.6. The lowest BCUT2D eigenvalue weighted by Crippen LogP contribution is -1.94. The zero-order chi connectivity index (χ0) is 18.7. The van der Waals surface area contributed by atoms with Crippen LogP contribution < -0.4 is 4.74 Å². The van der Waals surface area contributed by atoms with Crippen molar-refractivity contribution in [1.82, 2.24) is 0 Å². The second kappa shape index (κ2) is 7.74. The van der Waals surface area contributed by atoms with E-state index in [1.54, 1.807) is 36.4 Å². The maximum atomic E-state index is 13.6. The van der Waals surface area contributed by atoms with Crippen LogP contribution in [0, 0.1) is 11.6 Å². The number of halogens is 2. The van der Waals surface area contributed by atoms with Gasteiger partial charge >= 0.3 is 0 Å². The van der Waals surface area contributed by atoms with Crippen molar-refractivity contribution in [3.8, 4) is 16.9 Å². The predicted octanol–water partition coefficient (Wildman–Crippen LogP) is 5.73. The van der Waals surface area contributed by atoms with Crippen molar-refractivity contribution in [2.75, 3.05) is 6.26 Å². The number of furan rings is 1.